The lowest BCUT2D eigenvalue weighted by Crippen LogP contribution is -2.39. The van der Waals surface area contributed by atoms with Crippen LogP contribution in [0.2, 0.25) is 0 Å². The summed E-state index contributed by atoms with van der Waals surface area (Å²) >= 11 is 0. The molecule has 1 aromatic heterocycles. The van der Waals surface area contributed by atoms with Crippen LogP contribution in [-0.2, 0) is 6.42 Å². The van der Waals surface area contributed by atoms with E-state index in [0.29, 0.717) is 41.0 Å². The molecule has 37 heavy (non-hydrogen) atoms. The second kappa shape index (κ2) is 11.9. The first-order valence-electron chi connectivity index (χ1n) is 12.1. The molecule has 0 saturated heterocycles. The number of fused-ring (bicyclic) bond motifs is 1. The third-order valence-electron chi connectivity index (χ3n) is 5.92. The van der Waals surface area contributed by atoms with Crippen molar-refractivity contribution in [3.8, 4) is 17.6 Å². The lowest BCUT2D eigenvalue weighted by atomic mass is 10.0. The van der Waals surface area contributed by atoms with Crippen LogP contribution in [0.4, 0.5) is 0 Å². The van der Waals surface area contributed by atoms with Gasteiger partial charge in [-0.05, 0) is 61.4 Å². The average Bonchev–Trinajstić information content (AvgIpc) is 3.34. The number of ether oxygens (including phenoxy) is 1. The first kappa shape index (κ1) is 25.5. The Morgan fingerprint density at radius 1 is 1.00 bits per heavy atom. The topological polar surface area (TPSA) is 103 Å². The van der Waals surface area contributed by atoms with E-state index in [1.54, 1.807) is 43.4 Å². The molecule has 1 atom stereocenters. The highest BCUT2D eigenvalue weighted by molar-refractivity contribution is 5.97. The predicted octanol–water partition coefficient (Wildman–Crippen LogP) is 3.66. The summed E-state index contributed by atoms with van der Waals surface area (Å²) in [7, 11) is 1.58. The van der Waals surface area contributed by atoms with Gasteiger partial charge in [0.05, 0.1) is 24.8 Å². The second-order valence-electron chi connectivity index (χ2n) is 8.47. The number of aromatic amines is 1. The number of aliphatic hydroxyl groups is 1. The van der Waals surface area contributed by atoms with Crippen LogP contribution in [0.15, 0.2) is 72.9 Å². The average molecular weight is 496 g/mol. The van der Waals surface area contributed by atoms with Crippen LogP contribution in [0.3, 0.4) is 0 Å². The van der Waals surface area contributed by atoms with Crippen LogP contribution in [0.5, 0.6) is 5.75 Å². The molecular formula is C30H29N3O4. The molecule has 4 aromatic rings. The molecule has 0 aliphatic rings. The molecule has 0 unspecified atom stereocenters. The maximum atomic E-state index is 13.3. The van der Waals surface area contributed by atoms with Gasteiger partial charge in [0.25, 0.3) is 11.8 Å². The van der Waals surface area contributed by atoms with Crippen molar-refractivity contribution in [1.82, 2.24) is 15.6 Å². The van der Waals surface area contributed by atoms with Crippen molar-refractivity contribution >= 4 is 22.7 Å². The fraction of sp³-hybridized carbons (Fsp3) is 0.200. The summed E-state index contributed by atoms with van der Waals surface area (Å²) in [4.78, 5) is 28.4. The number of para-hydroxylation sites is 1. The molecule has 0 aliphatic carbocycles. The van der Waals surface area contributed by atoms with Crippen molar-refractivity contribution in [1.29, 1.82) is 0 Å². The zero-order chi connectivity index (χ0) is 26.2. The van der Waals surface area contributed by atoms with Gasteiger partial charge in [0.15, 0.2) is 0 Å². The first-order chi connectivity index (χ1) is 18.0. The summed E-state index contributed by atoms with van der Waals surface area (Å²) in [6.07, 6.45) is 2.37. The summed E-state index contributed by atoms with van der Waals surface area (Å²) in [6.45, 7) is 2.04. The van der Waals surface area contributed by atoms with E-state index in [1.165, 1.54) is 0 Å². The second-order valence-corrected chi connectivity index (χ2v) is 8.47. The molecule has 7 heteroatoms. The summed E-state index contributed by atoms with van der Waals surface area (Å²) in [6, 6.07) is 19.6. The van der Waals surface area contributed by atoms with Crippen LogP contribution < -0.4 is 15.4 Å². The molecule has 4 N–H and O–H groups in total. The molecule has 1 heterocycles. The summed E-state index contributed by atoms with van der Waals surface area (Å²) in [5.74, 6) is 6.01. The van der Waals surface area contributed by atoms with Gasteiger partial charge in [-0.2, -0.15) is 0 Å². The van der Waals surface area contributed by atoms with E-state index < -0.39 is 6.04 Å². The highest BCUT2D eigenvalue weighted by Crippen LogP contribution is 2.22. The molecule has 0 fully saturated rings. The third kappa shape index (κ3) is 6.18. The fourth-order valence-corrected chi connectivity index (χ4v) is 4.08. The number of aromatic nitrogens is 1. The van der Waals surface area contributed by atoms with E-state index in [-0.39, 0.29) is 18.4 Å². The minimum absolute atomic E-state index is 0.185. The van der Waals surface area contributed by atoms with E-state index in [2.05, 4.69) is 27.5 Å². The van der Waals surface area contributed by atoms with Gasteiger partial charge in [-0.15, -0.1) is 0 Å². The van der Waals surface area contributed by atoms with E-state index >= 15 is 0 Å². The van der Waals surface area contributed by atoms with Crippen molar-refractivity contribution in [3.63, 3.8) is 0 Å². The summed E-state index contributed by atoms with van der Waals surface area (Å²) < 4.78 is 5.69. The van der Waals surface area contributed by atoms with Gasteiger partial charge in [0.1, 0.15) is 5.75 Å². The fourth-order valence-electron chi connectivity index (χ4n) is 4.08. The molecule has 188 valence electrons. The minimum atomic E-state index is -0.483. The standard InChI is InChI=1S/C30H29N3O4/c1-3-37-28-14-13-21(12-11-20-7-6-8-22(15-20)29(35)31-2)16-26(28)30(36)33-24(19-34)17-23-18-32-27-10-5-4-9-25(23)27/h4-10,13-16,18,24,32,34H,3,17,19H2,1-2H3,(H,31,35)(H,33,36)/t24-/m1/s1. The minimum Gasteiger partial charge on any atom is -0.493 e. The zero-order valence-corrected chi connectivity index (χ0v) is 20.8. The number of benzene rings is 3. The summed E-state index contributed by atoms with van der Waals surface area (Å²) in [5.41, 5.74) is 4.18. The lowest BCUT2D eigenvalue weighted by Gasteiger charge is -2.18. The smallest absolute Gasteiger partial charge is 0.255 e. The highest BCUT2D eigenvalue weighted by Gasteiger charge is 2.19. The largest absolute Gasteiger partial charge is 0.493 e. The Kier molecular flexibility index (Phi) is 8.24. The Morgan fingerprint density at radius 2 is 1.78 bits per heavy atom. The maximum Gasteiger partial charge on any atom is 0.255 e. The Balaban J connectivity index is 1.56. The monoisotopic (exact) mass is 495 g/mol. The van der Waals surface area contributed by atoms with Gasteiger partial charge in [0.2, 0.25) is 0 Å². The number of hydrogen-bond acceptors (Lipinski definition) is 4. The van der Waals surface area contributed by atoms with E-state index in [9.17, 15) is 14.7 Å². The number of carbonyl (C=O) groups is 2. The molecule has 0 bridgehead atoms. The Hall–Kier alpha value is -4.54. The van der Waals surface area contributed by atoms with Gasteiger partial charge in [0, 0.05) is 40.8 Å². The molecule has 7 nitrogen and oxygen atoms in total. The van der Waals surface area contributed by atoms with Gasteiger partial charge in [-0.3, -0.25) is 9.59 Å². The molecule has 0 aliphatic heterocycles. The Morgan fingerprint density at radius 3 is 2.54 bits per heavy atom. The van der Waals surface area contributed by atoms with Crippen LogP contribution in [-0.4, -0.2) is 48.2 Å². The van der Waals surface area contributed by atoms with Gasteiger partial charge in [-0.25, -0.2) is 0 Å². The quantitative estimate of drug-likeness (QED) is 0.280. The molecule has 0 radical (unpaired) electrons. The van der Waals surface area contributed by atoms with Crippen molar-refractivity contribution in [2.75, 3.05) is 20.3 Å². The number of carbonyl (C=O) groups excluding carboxylic acids is 2. The number of amides is 2. The SMILES string of the molecule is CCOc1ccc(C#Cc2cccc(C(=O)NC)c2)cc1C(=O)N[C@@H](CO)Cc1c[nH]c2ccccc12. The van der Waals surface area contributed by atoms with Crippen LogP contribution in [0.25, 0.3) is 10.9 Å². The molecule has 3 aromatic carbocycles. The van der Waals surface area contributed by atoms with Gasteiger partial charge in [-0.1, -0.05) is 36.1 Å². The number of rotatable bonds is 8. The normalized spacial score (nSPS) is 11.3. The molecule has 0 saturated carbocycles. The molecule has 0 spiro atoms. The van der Waals surface area contributed by atoms with E-state index in [0.717, 1.165) is 16.5 Å². The zero-order valence-electron chi connectivity index (χ0n) is 20.8. The Labute approximate surface area is 215 Å². The molecule has 4 rings (SSSR count). The van der Waals surface area contributed by atoms with Crippen LogP contribution in [0, 0.1) is 11.8 Å². The van der Waals surface area contributed by atoms with Crippen LogP contribution >= 0.6 is 0 Å². The van der Waals surface area contributed by atoms with Crippen molar-refractivity contribution in [2.24, 2.45) is 0 Å². The van der Waals surface area contributed by atoms with Gasteiger partial charge >= 0.3 is 0 Å². The van der Waals surface area contributed by atoms with Gasteiger partial charge < -0.3 is 25.5 Å². The third-order valence-corrected chi connectivity index (χ3v) is 5.92. The van der Waals surface area contributed by atoms with E-state index in [1.807, 2.05) is 43.5 Å². The number of aliphatic hydroxyl groups excluding tert-OH is 1. The van der Waals surface area contributed by atoms with Crippen LogP contribution in [0.1, 0.15) is 44.3 Å². The Bertz CT molecular complexity index is 1480. The van der Waals surface area contributed by atoms with Crippen molar-refractivity contribution in [3.05, 3.63) is 101 Å². The van der Waals surface area contributed by atoms with E-state index in [4.69, 9.17) is 4.74 Å². The lowest BCUT2D eigenvalue weighted by molar-refractivity contribution is 0.0911. The first-order valence-corrected chi connectivity index (χ1v) is 12.1. The number of H-pyrrole nitrogens is 1. The maximum absolute atomic E-state index is 13.3. The van der Waals surface area contributed by atoms with Crippen molar-refractivity contribution < 1.29 is 19.4 Å². The molecular weight excluding hydrogens is 466 g/mol. The molecule has 2 amide bonds. The van der Waals surface area contributed by atoms with Crippen molar-refractivity contribution in [2.45, 2.75) is 19.4 Å². The number of nitrogens with one attached hydrogen (secondary N) is 3. The number of hydrogen-bond donors (Lipinski definition) is 4. The highest BCUT2D eigenvalue weighted by atomic mass is 16.5. The summed E-state index contributed by atoms with van der Waals surface area (Å²) in [5, 5.41) is 16.6. The predicted molar refractivity (Wildman–Crippen MR) is 144 cm³/mol.